The van der Waals surface area contributed by atoms with Gasteiger partial charge in [-0.25, -0.2) is 0 Å². The molecule has 0 radical (unpaired) electrons. The zero-order valence-electron chi connectivity index (χ0n) is 12.8. The fraction of sp³-hybridized carbons (Fsp3) is 0.118. The van der Waals surface area contributed by atoms with Crippen LogP contribution in [0.25, 0.3) is 0 Å². The molecular formula is C17H14BrN3O3. The zero-order valence-corrected chi connectivity index (χ0v) is 14.4. The smallest absolute Gasteiger partial charge is 0.255 e. The Kier molecular flexibility index (Phi) is 4.90. The first kappa shape index (κ1) is 16.2. The topological polar surface area (TPSA) is 77.2 Å². The number of hydrogen-bond acceptors (Lipinski definition) is 5. The van der Waals surface area contributed by atoms with E-state index in [9.17, 15) is 4.79 Å². The molecule has 0 aliphatic carbocycles. The summed E-state index contributed by atoms with van der Waals surface area (Å²) in [6.07, 6.45) is 0. The maximum Gasteiger partial charge on any atom is 0.255 e. The van der Waals surface area contributed by atoms with Gasteiger partial charge in [0, 0.05) is 22.6 Å². The lowest BCUT2D eigenvalue weighted by Crippen LogP contribution is -2.11. The van der Waals surface area contributed by atoms with Gasteiger partial charge in [0.25, 0.3) is 5.91 Å². The second-order valence-electron chi connectivity index (χ2n) is 5.00. The summed E-state index contributed by atoms with van der Waals surface area (Å²) < 4.78 is 11.4. The van der Waals surface area contributed by atoms with Crippen molar-refractivity contribution in [3.63, 3.8) is 0 Å². The van der Waals surface area contributed by atoms with E-state index < -0.39 is 0 Å². The number of carbonyl (C=O) groups is 1. The highest BCUT2D eigenvalue weighted by atomic mass is 79.9. The van der Waals surface area contributed by atoms with Crippen molar-refractivity contribution in [2.75, 3.05) is 5.32 Å². The van der Waals surface area contributed by atoms with Crippen molar-refractivity contribution < 1.29 is 14.1 Å². The van der Waals surface area contributed by atoms with E-state index in [4.69, 9.17) is 9.26 Å². The van der Waals surface area contributed by atoms with Gasteiger partial charge in [-0.1, -0.05) is 21.1 Å². The van der Waals surface area contributed by atoms with Gasteiger partial charge in [0.05, 0.1) is 0 Å². The first-order chi connectivity index (χ1) is 11.6. The van der Waals surface area contributed by atoms with Crippen LogP contribution in [0, 0.1) is 6.92 Å². The first-order valence-electron chi connectivity index (χ1n) is 7.19. The van der Waals surface area contributed by atoms with Gasteiger partial charge in [0.2, 0.25) is 11.7 Å². The van der Waals surface area contributed by atoms with Crippen LogP contribution in [0.5, 0.6) is 5.75 Å². The van der Waals surface area contributed by atoms with Gasteiger partial charge < -0.3 is 14.6 Å². The van der Waals surface area contributed by atoms with E-state index in [2.05, 4.69) is 31.4 Å². The first-order valence-corrected chi connectivity index (χ1v) is 7.98. The predicted molar refractivity (Wildman–Crippen MR) is 91.9 cm³/mol. The van der Waals surface area contributed by atoms with Crippen molar-refractivity contribution >= 4 is 27.5 Å². The third-order valence-electron chi connectivity index (χ3n) is 3.16. The van der Waals surface area contributed by atoms with Gasteiger partial charge in [-0.3, -0.25) is 4.79 Å². The predicted octanol–water partition coefficient (Wildman–Crippen LogP) is 3.97. The summed E-state index contributed by atoms with van der Waals surface area (Å²) in [7, 11) is 0. The summed E-state index contributed by atoms with van der Waals surface area (Å²) in [4.78, 5) is 16.3. The lowest BCUT2D eigenvalue weighted by atomic mass is 10.2. The van der Waals surface area contributed by atoms with Crippen LogP contribution in [0.3, 0.4) is 0 Å². The summed E-state index contributed by atoms with van der Waals surface area (Å²) in [6.45, 7) is 1.93. The molecule has 2 aromatic carbocycles. The van der Waals surface area contributed by atoms with Crippen molar-refractivity contribution in [2.45, 2.75) is 13.5 Å². The number of ether oxygens (including phenoxy) is 1. The van der Waals surface area contributed by atoms with Crippen LogP contribution in [0.2, 0.25) is 0 Å². The van der Waals surface area contributed by atoms with Crippen LogP contribution in [0.1, 0.15) is 22.1 Å². The Morgan fingerprint density at radius 2 is 1.88 bits per heavy atom. The third kappa shape index (κ3) is 4.20. The number of rotatable bonds is 5. The highest BCUT2D eigenvalue weighted by Crippen LogP contribution is 2.17. The molecule has 1 N–H and O–H groups in total. The lowest BCUT2D eigenvalue weighted by molar-refractivity contribution is 0.102. The second kappa shape index (κ2) is 7.27. The second-order valence-corrected chi connectivity index (χ2v) is 5.92. The number of aryl methyl sites for hydroxylation is 1. The monoisotopic (exact) mass is 387 g/mol. The van der Waals surface area contributed by atoms with E-state index in [1.165, 1.54) is 0 Å². The van der Waals surface area contributed by atoms with Crippen molar-refractivity contribution in [1.82, 2.24) is 10.1 Å². The summed E-state index contributed by atoms with van der Waals surface area (Å²) >= 11 is 3.36. The number of halogens is 1. The van der Waals surface area contributed by atoms with Gasteiger partial charge in [0.1, 0.15) is 5.75 Å². The SMILES string of the molecule is Cc1nc(COc2ccc(C(=O)Nc3ccc(Br)cc3)cc2)no1. The minimum Gasteiger partial charge on any atom is -0.485 e. The van der Waals surface area contributed by atoms with Crippen LogP contribution in [-0.2, 0) is 6.61 Å². The Balaban J connectivity index is 1.59. The highest BCUT2D eigenvalue weighted by molar-refractivity contribution is 9.10. The number of aromatic nitrogens is 2. The Hall–Kier alpha value is -2.67. The summed E-state index contributed by atoms with van der Waals surface area (Å²) in [5.74, 6) is 1.41. The quantitative estimate of drug-likeness (QED) is 0.716. The third-order valence-corrected chi connectivity index (χ3v) is 3.68. The molecule has 0 atom stereocenters. The number of amides is 1. The normalized spacial score (nSPS) is 10.4. The minimum atomic E-state index is -0.183. The van der Waals surface area contributed by atoms with Crippen LogP contribution in [0.15, 0.2) is 57.5 Å². The number of nitrogens with one attached hydrogen (secondary N) is 1. The molecule has 1 amide bonds. The molecule has 7 heteroatoms. The maximum absolute atomic E-state index is 12.2. The Morgan fingerprint density at radius 3 is 2.50 bits per heavy atom. The molecular weight excluding hydrogens is 374 g/mol. The average Bonchev–Trinajstić information content (AvgIpc) is 3.01. The van der Waals surface area contributed by atoms with Gasteiger partial charge >= 0.3 is 0 Å². The van der Waals surface area contributed by atoms with Gasteiger partial charge in [-0.15, -0.1) is 0 Å². The van der Waals surface area contributed by atoms with Crippen LogP contribution >= 0.6 is 15.9 Å². The van der Waals surface area contributed by atoms with E-state index >= 15 is 0 Å². The standard InChI is InChI=1S/C17H14BrN3O3/c1-11-19-16(21-24-11)10-23-15-8-2-12(3-9-15)17(22)20-14-6-4-13(18)5-7-14/h2-9H,10H2,1H3,(H,20,22). The van der Waals surface area contributed by atoms with E-state index in [0.29, 0.717) is 23.0 Å². The molecule has 0 aliphatic rings. The van der Waals surface area contributed by atoms with Crippen molar-refractivity contribution in [3.05, 3.63) is 70.3 Å². The largest absolute Gasteiger partial charge is 0.485 e. The average molecular weight is 388 g/mol. The van der Waals surface area contributed by atoms with E-state index in [-0.39, 0.29) is 12.5 Å². The van der Waals surface area contributed by atoms with Crippen molar-refractivity contribution in [3.8, 4) is 5.75 Å². The molecule has 24 heavy (non-hydrogen) atoms. The van der Waals surface area contributed by atoms with Crippen LogP contribution in [0.4, 0.5) is 5.69 Å². The molecule has 0 unspecified atom stereocenters. The molecule has 0 fully saturated rings. The van der Waals surface area contributed by atoms with E-state index in [1.807, 2.05) is 24.3 Å². The van der Waals surface area contributed by atoms with Gasteiger partial charge in [-0.05, 0) is 48.5 Å². The molecule has 0 bridgehead atoms. The molecule has 6 nitrogen and oxygen atoms in total. The van der Waals surface area contributed by atoms with E-state index in [1.54, 1.807) is 31.2 Å². The van der Waals surface area contributed by atoms with Crippen LogP contribution in [-0.4, -0.2) is 16.0 Å². The molecule has 3 rings (SSSR count). The molecule has 0 saturated heterocycles. The number of benzene rings is 2. The molecule has 1 heterocycles. The fourth-order valence-electron chi connectivity index (χ4n) is 1.99. The molecule has 1 aromatic heterocycles. The lowest BCUT2D eigenvalue weighted by Gasteiger charge is -2.07. The number of nitrogens with zero attached hydrogens (tertiary/aromatic N) is 2. The summed E-state index contributed by atoms with van der Waals surface area (Å²) in [5.41, 5.74) is 1.27. The van der Waals surface area contributed by atoms with Crippen LogP contribution < -0.4 is 10.1 Å². The Bertz CT molecular complexity index is 829. The van der Waals surface area contributed by atoms with E-state index in [0.717, 1.165) is 10.2 Å². The summed E-state index contributed by atoms with van der Waals surface area (Å²) in [5, 5.41) is 6.58. The minimum absolute atomic E-state index is 0.183. The van der Waals surface area contributed by atoms with Gasteiger partial charge in [-0.2, -0.15) is 4.98 Å². The molecule has 0 aliphatic heterocycles. The summed E-state index contributed by atoms with van der Waals surface area (Å²) in [6, 6.07) is 14.2. The number of anilines is 1. The molecule has 0 spiro atoms. The Morgan fingerprint density at radius 1 is 1.17 bits per heavy atom. The molecule has 3 aromatic rings. The van der Waals surface area contributed by atoms with Gasteiger partial charge in [0.15, 0.2) is 6.61 Å². The number of carbonyl (C=O) groups excluding carboxylic acids is 1. The zero-order chi connectivity index (χ0) is 16.9. The maximum atomic E-state index is 12.2. The molecule has 122 valence electrons. The highest BCUT2D eigenvalue weighted by Gasteiger charge is 2.07. The Labute approximate surface area is 147 Å². The molecule has 0 saturated carbocycles. The number of hydrogen-bond donors (Lipinski definition) is 1. The van der Waals surface area contributed by atoms with Crippen molar-refractivity contribution in [2.24, 2.45) is 0 Å². The fourth-order valence-corrected chi connectivity index (χ4v) is 2.25. The van der Waals surface area contributed by atoms with Crippen molar-refractivity contribution in [1.29, 1.82) is 0 Å².